The third kappa shape index (κ3) is 5.73. The summed E-state index contributed by atoms with van der Waals surface area (Å²) in [7, 11) is 0. The average Bonchev–Trinajstić information content (AvgIpc) is 2.27. The highest BCUT2D eigenvalue weighted by atomic mass is 79.9. The quantitative estimate of drug-likeness (QED) is 0.725. The molecule has 0 fully saturated rings. The Bertz CT molecular complexity index is 495. The summed E-state index contributed by atoms with van der Waals surface area (Å²) >= 11 is 3.14. The smallest absolute Gasteiger partial charge is 0.407 e. The number of carbonyl (C=O) groups is 1. The van der Waals surface area contributed by atoms with Crippen LogP contribution >= 0.6 is 15.9 Å². The Morgan fingerprint density at radius 1 is 1.47 bits per heavy atom. The predicted molar refractivity (Wildman–Crippen MR) is 75.3 cm³/mol. The van der Waals surface area contributed by atoms with Gasteiger partial charge in [-0.15, -0.1) is 0 Å². The van der Waals surface area contributed by atoms with Crippen molar-refractivity contribution in [2.45, 2.75) is 26.4 Å². The molecular weight excluding hydrogens is 316 g/mol. The van der Waals surface area contributed by atoms with Gasteiger partial charge in [-0.1, -0.05) is 0 Å². The lowest BCUT2D eigenvalue weighted by Gasteiger charge is -2.19. The average molecular weight is 333 g/mol. The van der Waals surface area contributed by atoms with E-state index in [4.69, 9.17) is 4.74 Å². The molecule has 1 amide bonds. The maximum Gasteiger partial charge on any atom is 0.407 e. The normalized spacial score (nSPS) is 10.9. The number of nitrogens with zero attached hydrogens (tertiary/aromatic N) is 1. The van der Waals surface area contributed by atoms with Crippen molar-refractivity contribution in [2.75, 3.05) is 18.4 Å². The number of halogens is 1. The monoisotopic (exact) mass is 332 g/mol. The third-order valence-corrected chi connectivity index (χ3v) is 2.69. The molecule has 0 saturated carbocycles. The van der Waals surface area contributed by atoms with Crippen LogP contribution in [-0.4, -0.2) is 35.0 Å². The molecule has 0 radical (unpaired) electrons. The molecule has 7 nitrogen and oxygen atoms in total. The minimum Gasteiger partial charge on any atom is -0.444 e. The molecule has 0 aromatic carbocycles. The molecule has 0 aliphatic heterocycles. The summed E-state index contributed by atoms with van der Waals surface area (Å²) in [4.78, 5) is 22.6. The zero-order chi connectivity index (χ0) is 14.5. The number of hydrogen-bond donors (Lipinski definition) is 3. The minimum atomic E-state index is -0.517. The van der Waals surface area contributed by atoms with E-state index in [1.807, 2.05) is 0 Å². The number of amides is 1. The van der Waals surface area contributed by atoms with Crippen LogP contribution in [0, 0.1) is 0 Å². The van der Waals surface area contributed by atoms with Gasteiger partial charge in [0.2, 0.25) is 0 Å². The van der Waals surface area contributed by atoms with E-state index >= 15 is 0 Å². The van der Waals surface area contributed by atoms with Crippen molar-refractivity contribution in [3.8, 4) is 0 Å². The maximum atomic E-state index is 11.4. The standard InChI is InChI=1S/C11H17BrN4O3/c1-11(2,3)19-10(18)14-5-4-13-7-6-15-16-9(17)8(7)12/h6H,4-5H2,1-3H3,(H,14,18)(H2,13,16,17). The van der Waals surface area contributed by atoms with Crippen molar-refractivity contribution in [1.82, 2.24) is 15.5 Å². The van der Waals surface area contributed by atoms with E-state index in [1.165, 1.54) is 6.20 Å². The topological polar surface area (TPSA) is 96.1 Å². The van der Waals surface area contributed by atoms with Gasteiger partial charge in [-0.2, -0.15) is 5.10 Å². The third-order valence-electron chi connectivity index (χ3n) is 1.90. The Kier molecular flexibility index (Phi) is 5.34. The molecule has 106 valence electrons. The number of anilines is 1. The van der Waals surface area contributed by atoms with Crippen molar-refractivity contribution in [1.29, 1.82) is 0 Å². The second-order valence-electron chi connectivity index (χ2n) is 4.78. The van der Waals surface area contributed by atoms with Crippen LogP contribution in [0.1, 0.15) is 20.8 Å². The summed E-state index contributed by atoms with van der Waals surface area (Å²) in [5.74, 6) is 0. The SMILES string of the molecule is CC(C)(C)OC(=O)NCCNc1cn[nH]c(=O)c1Br. The van der Waals surface area contributed by atoms with E-state index < -0.39 is 11.7 Å². The predicted octanol–water partition coefficient (Wildman–Crippen LogP) is 1.47. The molecule has 1 aromatic rings. The molecule has 0 spiro atoms. The van der Waals surface area contributed by atoms with Crippen LogP contribution < -0.4 is 16.2 Å². The first-order valence-electron chi connectivity index (χ1n) is 5.73. The summed E-state index contributed by atoms with van der Waals surface area (Å²) in [5.41, 5.74) is -0.267. The van der Waals surface area contributed by atoms with Gasteiger partial charge in [-0.3, -0.25) is 4.79 Å². The zero-order valence-corrected chi connectivity index (χ0v) is 12.6. The number of nitrogens with one attached hydrogen (secondary N) is 3. The Hall–Kier alpha value is -1.57. The molecule has 0 bridgehead atoms. The first-order chi connectivity index (χ1) is 8.79. The molecule has 1 heterocycles. The molecule has 3 N–H and O–H groups in total. The molecular formula is C11H17BrN4O3. The highest BCUT2D eigenvalue weighted by molar-refractivity contribution is 9.10. The van der Waals surface area contributed by atoms with E-state index in [2.05, 4.69) is 36.8 Å². The van der Waals surface area contributed by atoms with Gasteiger partial charge in [-0.25, -0.2) is 9.89 Å². The fraction of sp³-hybridized carbons (Fsp3) is 0.545. The van der Waals surface area contributed by atoms with Crippen LogP contribution in [0.4, 0.5) is 10.5 Å². The Morgan fingerprint density at radius 2 is 2.16 bits per heavy atom. The molecule has 0 atom stereocenters. The van der Waals surface area contributed by atoms with E-state index in [0.717, 1.165) is 0 Å². The Morgan fingerprint density at radius 3 is 2.79 bits per heavy atom. The van der Waals surface area contributed by atoms with Gasteiger partial charge in [0, 0.05) is 13.1 Å². The molecule has 0 saturated heterocycles. The van der Waals surface area contributed by atoms with Gasteiger partial charge in [0.25, 0.3) is 5.56 Å². The lowest BCUT2D eigenvalue weighted by molar-refractivity contribution is 0.0530. The minimum absolute atomic E-state index is 0.315. The number of hydrogen-bond acceptors (Lipinski definition) is 5. The second-order valence-corrected chi connectivity index (χ2v) is 5.58. The van der Waals surface area contributed by atoms with Crippen LogP contribution in [0.15, 0.2) is 15.5 Å². The number of rotatable bonds is 4. The Balaban J connectivity index is 2.34. The van der Waals surface area contributed by atoms with Crippen LogP contribution in [0.25, 0.3) is 0 Å². The molecule has 1 rings (SSSR count). The van der Waals surface area contributed by atoms with Crippen LogP contribution in [0.5, 0.6) is 0 Å². The number of ether oxygens (including phenoxy) is 1. The van der Waals surface area contributed by atoms with Gasteiger partial charge in [-0.05, 0) is 36.7 Å². The first kappa shape index (κ1) is 15.5. The summed E-state index contributed by atoms with van der Waals surface area (Å²) in [6, 6.07) is 0. The lowest BCUT2D eigenvalue weighted by atomic mass is 10.2. The fourth-order valence-corrected chi connectivity index (χ4v) is 1.51. The lowest BCUT2D eigenvalue weighted by Crippen LogP contribution is -2.35. The molecule has 8 heteroatoms. The second kappa shape index (κ2) is 6.55. The van der Waals surface area contributed by atoms with E-state index in [-0.39, 0.29) is 5.56 Å². The summed E-state index contributed by atoms with van der Waals surface area (Å²) in [6.45, 7) is 6.20. The van der Waals surface area contributed by atoms with Gasteiger partial charge in [0.15, 0.2) is 0 Å². The van der Waals surface area contributed by atoms with E-state index in [1.54, 1.807) is 20.8 Å². The van der Waals surface area contributed by atoms with Gasteiger partial charge < -0.3 is 15.4 Å². The maximum absolute atomic E-state index is 11.4. The fourth-order valence-electron chi connectivity index (χ4n) is 1.18. The summed E-state index contributed by atoms with van der Waals surface area (Å²) in [6.07, 6.45) is 1.01. The van der Waals surface area contributed by atoms with Gasteiger partial charge >= 0.3 is 6.09 Å². The van der Waals surface area contributed by atoms with E-state index in [0.29, 0.717) is 23.2 Å². The van der Waals surface area contributed by atoms with Crippen LogP contribution in [-0.2, 0) is 4.74 Å². The molecule has 0 unspecified atom stereocenters. The number of H-pyrrole nitrogens is 1. The number of alkyl carbamates (subject to hydrolysis) is 1. The number of aromatic amines is 1. The van der Waals surface area contributed by atoms with Crippen molar-refractivity contribution in [2.24, 2.45) is 0 Å². The largest absolute Gasteiger partial charge is 0.444 e. The summed E-state index contributed by atoms with van der Waals surface area (Å²) in [5, 5.41) is 11.5. The van der Waals surface area contributed by atoms with Crippen molar-refractivity contribution in [3.05, 3.63) is 21.0 Å². The molecule has 0 aliphatic rings. The zero-order valence-electron chi connectivity index (χ0n) is 11.0. The van der Waals surface area contributed by atoms with Crippen LogP contribution in [0.2, 0.25) is 0 Å². The van der Waals surface area contributed by atoms with Crippen molar-refractivity contribution in [3.63, 3.8) is 0 Å². The molecule has 0 aliphatic carbocycles. The van der Waals surface area contributed by atoms with Crippen molar-refractivity contribution < 1.29 is 9.53 Å². The highest BCUT2D eigenvalue weighted by Gasteiger charge is 2.15. The Labute approximate surface area is 119 Å². The van der Waals surface area contributed by atoms with Crippen LogP contribution in [0.3, 0.4) is 0 Å². The van der Waals surface area contributed by atoms with E-state index in [9.17, 15) is 9.59 Å². The van der Waals surface area contributed by atoms with Gasteiger partial charge in [0.1, 0.15) is 10.1 Å². The molecule has 1 aromatic heterocycles. The number of aromatic nitrogens is 2. The highest BCUT2D eigenvalue weighted by Crippen LogP contribution is 2.14. The molecule has 19 heavy (non-hydrogen) atoms. The number of carbonyl (C=O) groups excluding carboxylic acids is 1. The first-order valence-corrected chi connectivity index (χ1v) is 6.53. The van der Waals surface area contributed by atoms with Gasteiger partial charge in [0.05, 0.1) is 11.9 Å². The van der Waals surface area contributed by atoms with Crippen molar-refractivity contribution >= 4 is 27.7 Å². The summed E-state index contributed by atoms with van der Waals surface area (Å²) < 4.78 is 5.45.